The minimum absolute atomic E-state index is 0.00882. The third-order valence-electron chi connectivity index (χ3n) is 5.69. The molecule has 4 N–H and O–H groups in total. The molecule has 1 atom stereocenters. The van der Waals surface area contributed by atoms with Crippen molar-refractivity contribution in [1.29, 1.82) is 0 Å². The van der Waals surface area contributed by atoms with Crippen LogP contribution in [0.15, 0.2) is 42.6 Å². The lowest BCUT2D eigenvalue weighted by Gasteiger charge is -2.32. The van der Waals surface area contributed by atoms with Gasteiger partial charge in [-0.05, 0) is 50.5 Å². The zero-order chi connectivity index (χ0) is 24.9. The van der Waals surface area contributed by atoms with Crippen LogP contribution in [-0.2, 0) is 4.74 Å². The van der Waals surface area contributed by atoms with Gasteiger partial charge in [0.1, 0.15) is 5.69 Å². The first kappa shape index (κ1) is 23.7. The Hall–Kier alpha value is -4.48. The van der Waals surface area contributed by atoms with Gasteiger partial charge in [-0.1, -0.05) is 12.1 Å². The van der Waals surface area contributed by atoms with Crippen LogP contribution in [-0.4, -0.2) is 61.0 Å². The molecule has 1 aliphatic rings. The van der Waals surface area contributed by atoms with Crippen molar-refractivity contribution in [3.8, 4) is 11.3 Å². The Morgan fingerprint density at radius 3 is 2.63 bits per heavy atom. The van der Waals surface area contributed by atoms with Gasteiger partial charge in [-0.25, -0.2) is 19.2 Å². The number of carboxylic acid groups (broad SMARTS) is 1. The number of rotatable bonds is 6. The molecule has 0 unspecified atom stereocenters. The smallest absolute Gasteiger partial charge is 0.407 e. The Bertz CT molecular complexity index is 1230. The van der Waals surface area contributed by atoms with Crippen LogP contribution in [0.4, 0.5) is 10.6 Å². The van der Waals surface area contributed by atoms with Crippen molar-refractivity contribution in [3.05, 3.63) is 59.7 Å². The quantitative estimate of drug-likeness (QED) is 0.356. The summed E-state index contributed by atoms with van der Waals surface area (Å²) in [7, 11) is 0. The second kappa shape index (κ2) is 10.2. The maximum Gasteiger partial charge on any atom is 0.407 e. The highest BCUT2D eigenvalue weighted by atomic mass is 16.5. The number of benzene rings is 1. The Labute approximate surface area is 200 Å². The van der Waals surface area contributed by atoms with E-state index in [9.17, 15) is 19.5 Å². The number of imidazole rings is 1. The van der Waals surface area contributed by atoms with Gasteiger partial charge in [-0.15, -0.1) is 5.10 Å². The molecule has 0 bridgehead atoms. The minimum atomic E-state index is -1.07. The summed E-state index contributed by atoms with van der Waals surface area (Å²) in [6, 6.07) is 9.11. The molecule has 4 rings (SSSR count). The molecule has 0 radical (unpaired) electrons. The summed E-state index contributed by atoms with van der Waals surface area (Å²) in [5.41, 5.74) is 1.13. The molecular formula is C23H25N7O5. The summed E-state index contributed by atoms with van der Waals surface area (Å²) < 4.78 is 6.31. The van der Waals surface area contributed by atoms with Crippen molar-refractivity contribution in [2.75, 3.05) is 24.3 Å². The van der Waals surface area contributed by atoms with Crippen molar-refractivity contribution in [2.45, 2.75) is 32.2 Å². The lowest BCUT2D eigenvalue weighted by molar-refractivity contribution is 0.0516. The van der Waals surface area contributed by atoms with Crippen LogP contribution in [0.3, 0.4) is 0 Å². The number of carbonyl (C=O) groups excluding carboxylic acids is 2. The molecule has 0 aliphatic carbocycles. The van der Waals surface area contributed by atoms with Gasteiger partial charge < -0.3 is 21.0 Å². The molecule has 1 aliphatic heterocycles. The van der Waals surface area contributed by atoms with Crippen molar-refractivity contribution >= 4 is 23.8 Å². The maximum absolute atomic E-state index is 12.8. The topological polar surface area (TPSA) is 166 Å². The number of amides is 2. The van der Waals surface area contributed by atoms with Crippen LogP contribution in [0.2, 0.25) is 0 Å². The van der Waals surface area contributed by atoms with E-state index in [2.05, 4.69) is 20.5 Å². The van der Waals surface area contributed by atoms with Crippen molar-refractivity contribution < 1.29 is 24.2 Å². The molecule has 12 nitrogen and oxygen atoms in total. The van der Waals surface area contributed by atoms with Gasteiger partial charge >= 0.3 is 12.1 Å². The molecule has 1 aromatic carbocycles. The number of nitrogen functional groups attached to an aromatic ring is 1. The fourth-order valence-electron chi connectivity index (χ4n) is 4.05. The average molecular weight is 479 g/mol. The molecular weight excluding hydrogens is 454 g/mol. The van der Waals surface area contributed by atoms with Gasteiger partial charge in [0.25, 0.3) is 5.91 Å². The molecule has 2 amide bonds. The van der Waals surface area contributed by atoms with E-state index in [1.165, 1.54) is 11.1 Å². The Kier molecular flexibility index (Phi) is 6.90. The molecule has 3 aromatic rings. The molecule has 1 fully saturated rings. The molecule has 0 saturated carbocycles. The number of piperidine rings is 1. The van der Waals surface area contributed by atoms with Crippen molar-refractivity contribution in [3.63, 3.8) is 0 Å². The predicted octanol–water partition coefficient (Wildman–Crippen LogP) is 2.69. The highest BCUT2D eigenvalue weighted by molar-refractivity contribution is 6.04. The van der Waals surface area contributed by atoms with Gasteiger partial charge in [0.15, 0.2) is 17.3 Å². The van der Waals surface area contributed by atoms with Crippen LogP contribution in [0.1, 0.15) is 58.9 Å². The number of aromatic nitrogens is 4. The van der Waals surface area contributed by atoms with Crippen LogP contribution in [0.25, 0.3) is 11.3 Å². The fourth-order valence-corrected chi connectivity index (χ4v) is 4.05. The zero-order valence-electron chi connectivity index (χ0n) is 19.0. The Morgan fingerprint density at radius 1 is 1.20 bits per heavy atom. The van der Waals surface area contributed by atoms with Crippen LogP contribution < -0.4 is 11.2 Å². The summed E-state index contributed by atoms with van der Waals surface area (Å²) in [4.78, 5) is 43.0. The Balaban J connectivity index is 1.69. The highest BCUT2D eigenvalue weighted by Gasteiger charge is 2.34. The molecule has 3 heterocycles. The van der Waals surface area contributed by atoms with Gasteiger partial charge in [0, 0.05) is 23.9 Å². The third kappa shape index (κ3) is 4.90. The number of esters is 1. The minimum Gasteiger partial charge on any atom is -0.465 e. The molecule has 35 heavy (non-hydrogen) atoms. The number of anilines is 1. The largest absolute Gasteiger partial charge is 0.465 e. The number of hydrogen-bond donors (Lipinski definition) is 3. The SMILES string of the molecule is CCOC(=O)c1c(-c2ccc(C(=O)Nc3cccnn3)cc2)nc([C@@H]2CCCCN2C(=O)O)n1N. The van der Waals surface area contributed by atoms with E-state index in [1.807, 2.05) is 0 Å². The molecule has 182 valence electrons. The first-order valence-electron chi connectivity index (χ1n) is 11.1. The third-order valence-corrected chi connectivity index (χ3v) is 5.69. The second-order valence-corrected chi connectivity index (χ2v) is 7.89. The van der Waals surface area contributed by atoms with Gasteiger partial charge in [0.05, 0.1) is 12.6 Å². The molecule has 0 spiro atoms. The predicted molar refractivity (Wildman–Crippen MR) is 125 cm³/mol. The van der Waals surface area contributed by atoms with Crippen molar-refractivity contribution in [2.24, 2.45) is 0 Å². The van der Waals surface area contributed by atoms with E-state index in [1.54, 1.807) is 43.3 Å². The summed E-state index contributed by atoms with van der Waals surface area (Å²) in [5.74, 6) is 5.80. The maximum atomic E-state index is 12.8. The van der Waals surface area contributed by atoms with E-state index < -0.39 is 18.1 Å². The second-order valence-electron chi connectivity index (χ2n) is 7.89. The number of hydrogen-bond acceptors (Lipinski definition) is 8. The van der Waals surface area contributed by atoms with Gasteiger partial charge in [-0.3, -0.25) is 9.69 Å². The van der Waals surface area contributed by atoms with Crippen LogP contribution in [0, 0.1) is 0 Å². The molecule has 1 saturated heterocycles. The highest BCUT2D eigenvalue weighted by Crippen LogP contribution is 2.34. The number of nitrogens with two attached hydrogens (primary N) is 1. The van der Waals surface area contributed by atoms with E-state index in [0.29, 0.717) is 29.9 Å². The monoisotopic (exact) mass is 479 g/mol. The number of nitrogens with zero attached hydrogens (tertiary/aromatic N) is 5. The van der Waals surface area contributed by atoms with Crippen molar-refractivity contribution in [1.82, 2.24) is 24.8 Å². The molecule has 2 aromatic heterocycles. The van der Waals surface area contributed by atoms with E-state index in [-0.39, 0.29) is 29.7 Å². The van der Waals surface area contributed by atoms with Crippen LogP contribution >= 0.6 is 0 Å². The summed E-state index contributed by atoms with van der Waals surface area (Å²) in [6.45, 7) is 2.16. The summed E-state index contributed by atoms with van der Waals surface area (Å²) in [5, 5.41) is 19.8. The first-order chi connectivity index (χ1) is 16.9. The summed E-state index contributed by atoms with van der Waals surface area (Å²) in [6.07, 6.45) is 2.50. The number of likely N-dealkylation sites (tertiary alicyclic amines) is 1. The van der Waals surface area contributed by atoms with Gasteiger partial charge in [0.2, 0.25) is 0 Å². The number of carbonyl (C=O) groups is 3. The van der Waals surface area contributed by atoms with E-state index in [4.69, 9.17) is 10.6 Å². The average Bonchev–Trinajstić information content (AvgIpc) is 3.21. The van der Waals surface area contributed by atoms with Crippen LogP contribution in [0.5, 0.6) is 0 Å². The van der Waals surface area contributed by atoms with E-state index >= 15 is 0 Å². The Morgan fingerprint density at radius 2 is 1.97 bits per heavy atom. The summed E-state index contributed by atoms with van der Waals surface area (Å²) >= 11 is 0. The first-order valence-corrected chi connectivity index (χ1v) is 11.1. The zero-order valence-corrected chi connectivity index (χ0v) is 19.0. The fraction of sp³-hybridized carbons (Fsp3) is 0.304. The van der Waals surface area contributed by atoms with Gasteiger partial charge in [-0.2, -0.15) is 5.10 Å². The lowest BCUT2D eigenvalue weighted by atomic mass is 10.0. The number of ether oxygens (including phenoxy) is 1. The normalized spacial score (nSPS) is 15.5. The standard InChI is InChI=1S/C23H25N7O5/c1-2-35-22(32)19-18(27-20(30(19)24)16-6-3-4-13-29(16)23(33)34)14-8-10-15(11-9-14)21(31)26-17-7-5-12-25-28-17/h5,7-12,16H,2-4,6,13,24H2,1H3,(H,33,34)(H,26,28,31)/t16-/m0/s1. The lowest BCUT2D eigenvalue weighted by Crippen LogP contribution is -2.39. The molecule has 12 heteroatoms. The number of nitrogens with one attached hydrogen (secondary N) is 1. The van der Waals surface area contributed by atoms with E-state index in [0.717, 1.165) is 17.5 Å².